The molecule has 3 N–H and O–H groups in total. The summed E-state index contributed by atoms with van der Waals surface area (Å²) < 4.78 is 25.6. The summed E-state index contributed by atoms with van der Waals surface area (Å²) in [6.07, 6.45) is 1.03. The van der Waals surface area contributed by atoms with Gasteiger partial charge in [0, 0.05) is 18.1 Å². The first-order chi connectivity index (χ1) is 11.7. The van der Waals surface area contributed by atoms with Gasteiger partial charge in [0.05, 0.1) is 10.6 Å². The van der Waals surface area contributed by atoms with Gasteiger partial charge in [0.1, 0.15) is 0 Å². The Hall–Kier alpha value is -1.60. The van der Waals surface area contributed by atoms with Crippen molar-refractivity contribution in [2.45, 2.75) is 63.1 Å². The highest BCUT2D eigenvalue weighted by Crippen LogP contribution is 2.28. The number of sulfone groups is 1. The predicted octanol–water partition coefficient (Wildman–Crippen LogP) is 2.57. The molecule has 0 radical (unpaired) electrons. The highest BCUT2D eigenvalue weighted by Gasteiger charge is 2.35. The summed E-state index contributed by atoms with van der Waals surface area (Å²) >= 11 is 0. The molecule has 0 bridgehead atoms. The zero-order valence-electron chi connectivity index (χ0n) is 15.0. The Morgan fingerprint density at radius 1 is 1.24 bits per heavy atom. The normalized spacial score (nSPS) is 24.2. The van der Waals surface area contributed by atoms with E-state index in [0.29, 0.717) is 23.8 Å². The molecule has 1 amide bonds. The Morgan fingerprint density at radius 3 is 2.44 bits per heavy atom. The van der Waals surface area contributed by atoms with E-state index in [2.05, 4.69) is 24.5 Å². The van der Waals surface area contributed by atoms with Crippen molar-refractivity contribution < 1.29 is 18.3 Å². The molecule has 0 spiro atoms. The first-order valence-corrected chi connectivity index (χ1v) is 10.4. The summed E-state index contributed by atoms with van der Waals surface area (Å²) in [6.45, 7) is 6.02. The lowest BCUT2D eigenvalue weighted by Gasteiger charge is -2.37. The summed E-state index contributed by atoms with van der Waals surface area (Å²) in [5, 5.41) is 15.0. The minimum Gasteiger partial charge on any atom is -0.465 e. The molecule has 25 heavy (non-hydrogen) atoms. The average Bonchev–Trinajstić information content (AvgIpc) is 2.49. The fourth-order valence-corrected chi connectivity index (χ4v) is 5.22. The van der Waals surface area contributed by atoms with E-state index in [4.69, 9.17) is 5.11 Å². The van der Waals surface area contributed by atoms with E-state index in [1.54, 1.807) is 24.3 Å². The highest BCUT2D eigenvalue weighted by molar-refractivity contribution is 7.91. The van der Waals surface area contributed by atoms with Crippen LogP contribution in [0.3, 0.4) is 0 Å². The van der Waals surface area contributed by atoms with Crippen LogP contribution in [0.4, 0.5) is 4.79 Å². The summed E-state index contributed by atoms with van der Waals surface area (Å²) in [5.74, 6) is -0.288. The Kier molecular flexibility index (Phi) is 6.46. The van der Waals surface area contributed by atoms with Crippen molar-refractivity contribution in [1.29, 1.82) is 0 Å². The maximum absolute atomic E-state index is 12.8. The fourth-order valence-electron chi connectivity index (χ4n) is 3.54. The summed E-state index contributed by atoms with van der Waals surface area (Å²) in [6, 6.07) is 7.00. The lowest BCUT2D eigenvalue weighted by Crippen LogP contribution is -2.50. The van der Waals surface area contributed by atoms with Crippen LogP contribution in [0.5, 0.6) is 0 Å². The SMILES string of the molecule is Cc1ccc(S(=O)(=O)CC2CC(NC(C)C)CCC2NC(=O)O)cc1. The quantitative estimate of drug-likeness (QED) is 0.717. The molecular weight excluding hydrogens is 340 g/mol. The number of nitrogens with one attached hydrogen (secondary N) is 2. The maximum Gasteiger partial charge on any atom is 0.404 e. The molecule has 7 heteroatoms. The van der Waals surface area contributed by atoms with Gasteiger partial charge in [-0.1, -0.05) is 31.5 Å². The largest absolute Gasteiger partial charge is 0.465 e. The van der Waals surface area contributed by atoms with Crippen LogP contribution in [0, 0.1) is 12.8 Å². The minimum absolute atomic E-state index is 0.0444. The summed E-state index contributed by atoms with van der Waals surface area (Å²) in [7, 11) is -3.46. The number of carboxylic acid groups (broad SMARTS) is 1. The Bertz CT molecular complexity index is 686. The number of hydrogen-bond donors (Lipinski definition) is 3. The van der Waals surface area contributed by atoms with Crippen LogP contribution in [0.25, 0.3) is 0 Å². The predicted molar refractivity (Wildman–Crippen MR) is 97.6 cm³/mol. The third kappa shape index (κ3) is 5.71. The Balaban J connectivity index is 2.17. The molecule has 1 aromatic rings. The summed E-state index contributed by atoms with van der Waals surface area (Å²) in [5.41, 5.74) is 1.00. The van der Waals surface area contributed by atoms with Gasteiger partial charge in [-0.3, -0.25) is 0 Å². The lowest BCUT2D eigenvalue weighted by atomic mass is 9.82. The van der Waals surface area contributed by atoms with Crippen LogP contribution in [0.1, 0.15) is 38.7 Å². The number of benzene rings is 1. The van der Waals surface area contributed by atoms with Crippen LogP contribution in [-0.2, 0) is 9.84 Å². The number of amides is 1. The second-order valence-corrected chi connectivity index (χ2v) is 9.28. The van der Waals surface area contributed by atoms with Crippen LogP contribution >= 0.6 is 0 Å². The van der Waals surface area contributed by atoms with Crippen LogP contribution in [0.15, 0.2) is 29.2 Å². The third-order valence-electron chi connectivity index (χ3n) is 4.67. The number of rotatable bonds is 6. The molecule has 1 saturated carbocycles. The first kappa shape index (κ1) is 19.7. The molecule has 6 nitrogen and oxygen atoms in total. The standard InChI is InChI=1S/C18H28N2O4S/c1-12(2)19-15-6-9-17(20-18(21)22)14(10-15)11-25(23,24)16-7-4-13(3)5-8-16/h4-5,7-8,12,14-15,17,19-20H,6,9-11H2,1-3H3,(H,21,22). The van der Waals surface area contributed by atoms with E-state index in [9.17, 15) is 13.2 Å². The van der Waals surface area contributed by atoms with Crippen molar-refractivity contribution in [2.75, 3.05) is 5.75 Å². The molecule has 1 aromatic carbocycles. The molecule has 2 rings (SSSR count). The second kappa shape index (κ2) is 8.19. The van der Waals surface area contributed by atoms with Gasteiger partial charge in [-0.25, -0.2) is 13.2 Å². The molecule has 1 aliphatic carbocycles. The molecule has 1 fully saturated rings. The van der Waals surface area contributed by atoms with Gasteiger partial charge in [-0.15, -0.1) is 0 Å². The van der Waals surface area contributed by atoms with Gasteiger partial charge in [-0.2, -0.15) is 0 Å². The molecule has 0 aromatic heterocycles. The van der Waals surface area contributed by atoms with Crippen LogP contribution in [0.2, 0.25) is 0 Å². The summed E-state index contributed by atoms with van der Waals surface area (Å²) in [4.78, 5) is 11.4. The average molecular weight is 368 g/mol. The maximum atomic E-state index is 12.8. The molecule has 140 valence electrons. The van der Waals surface area contributed by atoms with Crippen LogP contribution < -0.4 is 10.6 Å². The molecular formula is C18H28N2O4S. The van der Waals surface area contributed by atoms with Gasteiger partial charge >= 0.3 is 6.09 Å². The zero-order valence-corrected chi connectivity index (χ0v) is 15.8. The van der Waals surface area contributed by atoms with Gasteiger partial charge in [-0.05, 0) is 44.2 Å². The van der Waals surface area contributed by atoms with Crippen molar-refractivity contribution in [2.24, 2.45) is 5.92 Å². The minimum atomic E-state index is -3.46. The number of aryl methyl sites for hydroxylation is 1. The molecule has 0 heterocycles. The van der Waals surface area contributed by atoms with Crippen molar-refractivity contribution in [1.82, 2.24) is 10.6 Å². The van der Waals surface area contributed by atoms with Gasteiger partial charge in [0.2, 0.25) is 0 Å². The Morgan fingerprint density at radius 2 is 1.88 bits per heavy atom. The second-order valence-electron chi connectivity index (χ2n) is 7.24. The monoisotopic (exact) mass is 368 g/mol. The molecule has 0 saturated heterocycles. The van der Waals surface area contributed by atoms with E-state index >= 15 is 0 Å². The molecule has 1 aliphatic rings. The smallest absolute Gasteiger partial charge is 0.404 e. The van der Waals surface area contributed by atoms with Crippen molar-refractivity contribution in [3.05, 3.63) is 29.8 Å². The van der Waals surface area contributed by atoms with Crippen molar-refractivity contribution >= 4 is 15.9 Å². The molecule has 0 aliphatic heterocycles. The first-order valence-electron chi connectivity index (χ1n) is 8.72. The lowest BCUT2D eigenvalue weighted by molar-refractivity contribution is 0.171. The topological polar surface area (TPSA) is 95.5 Å². The zero-order chi connectivity index (χ0) is 18.6. The van der Waals surface area contributed by atoms with Crippen molar-refractivity contribution in [3.8, 4) is 0 Å². The van der Waals surface area contributed by atoms with E-state index in [1.807, 2.05) is 6.92 Å². The Labute approximate surface area is 149 Å². The van der Waals surface area contributed by atoms with Gasteiger partial charge in [0.15, 0.2) is 9.84 Å². The van der Waals surface area contributed by atoms with E-state index < -0.39 is 15.9 Å². The van der Waals surface area contributed by atoms with Crippen molar-refractivity contribution in [3.63, 3.8) is 0 Å². The number of hydrogen-bond acceptors (Lipinski definition) is 4. The van der Waals surface area contributed by atoms with E-state index in [-0.39, 0.29) is 23.8 Å². The fraction of sp³-hybridized carbons (Fsp3) is 0.611. The van der Waals surface area contributed by atoms with Gasteiger partial charge < -0.3 is 15.7 Å². The van der Waals surface area contributed by atoms with E-state index in [1.165, 1.54) is 0 Å². The molecule has 3 unspecified atom stereocenters. The highest BCUT2D eigenvalue weighted by atomic mass is 32.2. The van der Waals surface area contributed by atoms with Crippen LogP contribution in [-0.4, -0.2) is 43.5 Å². The van der Waals surface area contributed by atoms with Gasteiger partial charge in [0.25, 0.3) is 0 Å². The molecule has 3 atom stereocenters. The number of carbonyl (C=O) groups is 1. The third-order valence-corrected chi connectivity index (χ3v) is 6.53. The van der Waals surface area contributed by atoms with E-state index in [0.717, 1.165) is 12.0 Å².